The molecule has 0 fully saturated rings. The van der Waals surface area contributed by atoms with Crippen LogP contribution in [0, 0.1) is 5.82 Å². The number of amides is 1. The Hall–Kier alpha value is -2.49. The van der Waals surface area contributed by atoms with Crippen LogP contribution in [-0.2, 0) is 21.4 Å². The SMILES string of the molecule is O=C(CCNS(=O)(=O)c1ccc(F)cc1)NCc1cn2cc(Cl)ccc2n1. The Bertz CT molecular complexity index is 1070. The Balaban J connectivity index is 1.48. The number of pyridine rings is 1. The topological polar surface area (TPSA) is 92.6 Å². The van der Waals surface area contributed by atoms with Crippen molar-refractivity contribution < 1.29 is 17.6 Å². The van der Waals surface area contributed by atoms with Crippen LogP contribution < -0.4 is 10.0 Å². The predicted molar refractivity (Wildman–Crippen MR) is 98.3 cm³/mol. The molecule has 0 bridgehead atoms. The van der Waals surface area contributed by atoms with Crippen LogP contribution >= 0.6 is 11.6 Å². The molecule has 1 aromatic carbocycles. The molecule has 10 heteroatoms. The third-order valence-corrected chi connectivity index (χ3v) is 5.40. The summed E-state index contributed by atoms with van der Waals surface area (Å²) in [6.07, 6.45) is 3.41. The Morgan fingerprint density at radius 1 is 1.15 bits per heavy atom. The molecule has 2 N–H and O–H groups in total. The normalized spacial score (nSPS) is 11.6. The average Bonchev–Trinajstić information content (AvgIpc) is 3.02. The summed E-state index contributed by atoms with van der Waals surface area (Å²) in [7, 11) is -3.79. The molecule has 3 rings (SSSR count). The Morgan fingerprint density at radius 3 is 2.63 bits per heavy atom. The highest BCUT2D eigenvalue weighted by Gasteiger charge is 2.14. The van der Waals surface area contributed by atoms with Gasteiger partial charge in [-0.3, -0.25) is 4.79 Å². The van der Waals surface area contributed by atoms with Crippen LogP contribution in [0.4, 0.5) is 4.39 Å². The smallest absolute Gasteiger partial charge is 0.240 e. The summed E-state index contributed by atoms with van der Waals surface area (Å²) in [6.45, 7) is 0.134. The van der Waals surface area contributed by atoms with E-state index in [1.54, 1.807) is 28.9 Å². The number of rotatable bonds is 7. The number of carbonyl (C=O) groups excluding carboxylic acids is 1. The van der Waals surface area contributed by atoms with E-state index in [2.05, 4.69) is 15.0 Å². The van der Waals surface area contributed by atoms with Gasteiger partial charge in [-0.1, -0.05) is 11.6 Å². The maximum atomic E-state index is 12.9. The first-order valence-electron chi connectivity index (χ1n) is 7.98. The van der Waals surface area contributed by atoms with E-state index in [1.165, 1.54) is 0 Å². The van der Waals surface area contributed by atoms with Gasteiger partial charge in [-0.25, -0.2) is 22.5 Å². The number of hydrogen-bond donors (Lipinski definition) is 2. The summed E-state index contributed by atoms with van der Waals surface area (Å²) in [5, 5.41) is 3.25. The van der Waals surface area contributed by atoms with Crippen molar-refractivity contribution in [3.05, 3.63) is 65.3 Å². The van der Waals surface area contributed by atoms with Gasteiger partial charge in [0, 0.05) is 25.4 Å². The average molecular weight is 411 g/mol. The van der Waals surface area contributed by atoms with Gasteiger partial charge < -0.3 is 9.72 Å². The monoisotopic (exact) mass is 410 g/mol. The van der Waals surface area contributed by atoms with Gasteiger partial charge >= 0.3 is 0 Å². The maximum absolute atomic E-state index is 12.9. The zero-order chi connectivity index (χ0) is 19.4. The van der Waals surface area contributed by atoms with E-state index in [0.29, 0.717) is 16.4 Å². The molecule has 0 unspecified atom stereocenters. The lowest BCUT2D eigenvalue weighted by Crippen LogP contribution is -2.30. The fourth-order valence-corrected chi connectivity index (χ4v) is 3.58. The zero-order valence-electron chi connectivity index (χ0n) is 14.0. The Kier molecular flexibility index (Phi) is 5.73. The molecular formula is C17H16ClFN4O3S. The van der Waals surface area contributed by atoms with Gasteiger partial charge in [0.25, 0.3) is 0 Å². The highest BCUT2D eigenvalue weighted by atomic mass is 35.5. The summed E-state index contributed by atoms with van der Waals surface area (Å²) in [5.74, 6) is -0.852. The summed E-state index contributed by atoms with van der Waals surface area (Å²) >= 11 is 5.91. The van der Waals surface area contributed by atoms with E-state index in [4.69, 9.17) is 11.6 Å². The molecule has 0 aliphatic heterocycles. The second kappa shape index (κ2) is 8.03. The zero-order valence-corrected chi connectivity index (χ0v) is 15.6. The summed E-state index contributed by atoms with van der Waals surface area (Å²) in [6, 6.07) is 7.92. The first kappa shape index (κ1) is 19.3. The van der Waals surface area contributed by atoms with E-state index in [-0.39, 0.29) is 30.3 Å². The minimum atomic E-state index is -3.79. The minimum absolute atomic E-state index is 0.0420. The fraction of sp³-hybridized carbons (Fsp3) is 0.176. The first-order chi connectivity index (χ1) is 12.8. The molecule has 0 spiro atoms. The lowest BCUT2D eigenvalue weighted by Gasteiger charge is -2.07. The standard InChI is InChI=1S/C17H16ClFN4O3S/c18-12-1-6-16-22-14(11-23(16)10-12)9-20-17(24)7-8-21-27(25,26)15-4-2-13(19)3-5-15/h1-6,10-11,21H,7-9H2,(H,20,24). The summed E-state index contributed by atoms with van der Waals surface area (Å²) in [4.78, 5) is 16.2. The number of hydrogen-bond acceptors (Lipinski definition) is 4. The molecule has 27 heavy (non-hydrogen) atoms. The highest BCUT2D eigenvalue weighted by molar-refractivity contribution is 7.89. The fourth-order valence-electron chi connectivity index (χ4n) is 2.38. The van der Waals surface area contributed by atoms with Gasteiger partial charge in [-0.05, 0) is 36.4 Å². The van der Waals surface area contributed by atoms with Crippen molar-refractivity contribution in [3.8, 4) is 0 Å². The number of aromatic nitrogens is 2. The highest BCUT2D eigenvalue weighted by Crippen LogP contribution is 2.12. The molecule has 0 saturated carbocycles. The van der Waals surface area contributed by atoms with Crippen molar-refractivity contribution >= 4 is 33.2 Å². The van der Waals surface area contributed by atoms with Crippen molar-refractivity contribution in [2.45, 2.75) is 17.9 Å². The number of nitrogens with zero attached hydrogens (tertiary/aromatic N) is 2. The van der Waals surface area contributed by atoms with Crippen molar-refractivity contribution in [2.75, 3.05) is 6.54 Å². The van der Waals surface area contributed by atoms with Crippen molar-refractivity contribution in [1.29, 1.82) is 0 Å². The van der Waals surface area contributed by atoms with Crippen LogP contribution in [0.2, 0.25) is 5.02 Å². The summed E-state index contributed by atoms with van der Waals surface area (Å²) in [5.41, 5.74) is 1.35. The van der Waals surface area contributed by atoms with Gasteiger partial charge in [0.05, 0.1) is 22.2 Å². The third-order valence-electron chi connectivity index (χ3n) is 3.70. The van der Waals surface area contributed by atoms with E-state index < -0.39 is 15.8 Å². The maximum Gasteiger partial charge on any atom is 0.240 e. The Labute approximate surface area is 160 Å². The van der Waals surface area contributed by atoms with Crippen LogP contribution in [0.1, 0.15) is 12.1 Å². The quantitative estimate of drug-likeness (QED) is 0.624. The molecule has 2 aromatic heterocycles. The van der Waals surface area contributed by atoms with Crippen LogP contribution in [0.3, 0.4) is 0 Å². The van der Waals surface area contributed by atoms with Gasteiger partial charge in [0.1, 0.15) is 11.5 Å². The molecule has 0 atom stereocenters. The van der Waals surface area contributed by atoms with Gasteiger partial charge in [0.2, 0.25) is 15.9 Å². The molecule has 3 aromatic rings. The molecule has 0 aliphatic carbocycles. The molecule has 2 heterocycles. The second-order valence-electron chi connectivity index (χ2n) is 5.72. The largest absolute Gasteiger partial charge is 0.350 e. The molecule has 1 amide bonds. The number of nitrogens with one attached hydrogen (secondary N) is 2. The molecule has 0 saturated heterocycles. The van der Waals surface area contributed by atoms with Crippen LogP contribution in [0.15, 0.2) is 53.7 Å². The molecule has 0 radical (unpaired) electrons. The number of sulfonamides is 1. The predicted octanol–water partition coefficient (Wildman–Crippen LogP) is 2.11. The molecule has 7 nitrogen and oxygen atoms in total. The first-order valence-corrected chi connectivity index (χ1v) is 9.85. The number of imidazole rings is 1. The van der Waals surface area contributed by atoms with Crippen molar-refractivity contribution in [1.82, 2.24) is 19.4 Å². The summed E-state index contributed by atoms with van der Waals surface area (Å²) < 4.78 is 41.0. The Morgan fingerprint density at radius 2 is 1.89 bits per heavy atom. The van der Waals surface area contributed by atoms with E-state index in [9.17, 15) is 17.6 Å². The number of halogens is 2. The third kappa shape index (κ3) is 5.03. The van der Waals surface area contributed by atoms with Gasteiger partial charge in [-0.2, -0.15) is 0 Å². The number of benzene rings is 1. The number of carbonyl (C=O) groups is 1. The molecule has 142 valence electrons. The molecular weight excluding hydrogens is 395 g/mol. The lowest BCUT2D eigenvalue weighted by atomic mass is 10.4. The van der Waals surface area contributed by atoms with Crippen LogP contribution in [0.5, 0.6) is 0 Å². The minimum Gasteiger partial charge on any atom is -0.350 e. The van der Waals surface area contributed by atoms with Crippen molar-refractivity contribution in [2.24, 2.45) is 0 Å². The van der Waals surface area contributed by atoms with E-state index in [1.807, 2.05) is 0 Å². The van der Waals surface area contributed by atoms with Crippen LogP contribution in [-0.4, -0.2) is 30.3 Å². The van der Waals surface area contributed by atoms with Crippen LogP contribution in [0.25, 0.3) is 5.65 Å². The number of fused-ring (bicyclic) bond motifs is 1. The van der Waals surface area contributed by atoms with Gasteiger partial charge in [-0.15, -0.1) is 0 Å². The van der Waals surface area contributed by atoms with Gasteiger partial charge in [0.15, 0.2) is 0 Å². The van der Waals surface area contributed by atoms with E-state index in [0.717, 1.165) is 24.3 Å². The van der Waals surface area contributed by atoms with Crippen molar-refractivity contribution in [3.63, 3.8) is 0 Å². The lowest BCUT2D eigenvalue weighted by molar-refractivity contribution is -0.121. The molecule has 0 aliphatic rings. The second-order valence-corrected chi connectivity index (χ2v) is 7.93. The van der Waals surface area contributed by atoms with E-state index >= 15 is 0 Å².